The molecule has 1 nitrogen and oxygen atoms in total. The maximum Gasteiger partial charge on any atom is 0.0718 e. The van der Waals surface area contributed by atoms with Gasteiger partial charge in [-0.05, 0) is 31.4 Å². The lowest BCUT2D eigenvalue weighted by Crippen LogP contribution is -2.13. The van der Waals surface area contributed by atoms with Crippen molar-refractivity contribution in [1.29, 1.82) is 0 Å². The molecule has 1 heterocycles. The Morgan fingerprint density at radius 1 is 1.00 bits per heavy atom. The zero-order valence-corrected chi connectivity index (χ0v) is 11.9. The first-order valence-electron chi connectivity index (χ1n) is 6.79. The number of aliphatic imine (C=N–C) groups is 1. The van der Waals surface area contributed by atoms with Crippen molar-refractivity contribution in [1.82, 2.24) is 0 Å². The largest absolute Gasteiger partial charge is 0.284 e. The first kappa shape index (κ1) is 14.4. The average molecular weight is 241 g/mol. The van der Waals surface area contributed by atoms with Gasteiger partial charge < -0.3 is 0 Å². The molecule has 96 valence electrons. The van der Waals surface area contributed by atoms with E-state index in [4.69, 9.17) is 0 Å². The highest BCUT2D eigenvalue weighted by molar-refractivity contribution is 6.15. The van der Waals surface area contributed by atoms with Crippen LogP contribution in [0.2, 0.25) is 0 Å². The van der Waals surface area contributed by atoms with Gasteiger partial charge in [0.05, 0.1) is 5.71 Å². The normalized spacial score (nSPS) is 19.2. The van der Waals surface area contributed by atoms with Gasteiger partial charge in [0.2, 0.25) is 0 Å². The summed E-state index contributed by atoms with van der Waals surface area (Å²) in [5.41, 5.74) is 5.06. The maximum atomic E-state index is 4.66. The maximum absolute atomic E-state index is 4.66. The van der Waals surface area contributed by atoms with E-state index in [1.54, 1.807) is 0 Å². The van der Waals surface area contributed by atoms with Crippen molar-refractivity contribution in [2.45, 2.75) is 34.1 Å². The summed E-state index contributed by atoms with van der Waals surface area (Å²) in [4.78, 5) is 4.66. The molecule has 0 aromatic heterocycles. The SMILES string of the molecule is C/C=C1/CCN=C(c2ccccc2)/C1=C/C.CC. The van der Waals surface area contributed by atoms with E-state index in [0.717, 1.165) is 18.7 Å². The van der Waals surface area contributed by atoms with Crippen LogP contribution < -0.4 is 0 Å². The van der Waals surface area contributed by atoms with Crippen molar-refractivity contribution < 1.29 is 0 Å². The van der Waals surface area contributed by atoms with E-state index in [9.17, 15) is 0 Å². The lowest BCUT2D eigenvalue weighted by atomic mass is 9.91. The first-order valence-corrected chi connectivity index (χ1v) is 6.79. The smallest absolute Gasteiger partial charge is 0.0718 e. The van der Waals surface area contributed by atoms with Crippen molar-refractivity contribution in [2.75, 3.05) is 6.54 Å². The highest BCUT2D eigenvalue weighted by Crippen LogP contribution is 2.24. The molecule has 0 radical (unpaired) electrons. The van der Waals surface area contributed by atoms with E-state index in [1.807, 2.05) is 19.9 Å². The summed E-state index contributed by atoms with van der Waals surface area (Å²) in [7, 11) is 0. The van der Waals surface area contributed by atoms with Crippen LogP contribution in [0.4, 0.5) is 0 Å². The van der Waals surface area contributed by atoms with Crippen molar-refractivity contribution >= 4 is 5.71 Å². The number of nitrogens with zero attached hydrogens (tertiary/aromatic N) is 1. The molecule has 1 aromatic carbocycles. The Kier molecular flexibility index (Phi) is 6.13. The van der Waals surface area contributed by atoms with Crippen molar-refractivity contribution in [3.8, 4) is 0 Å². The second-order valence-electron chi connectivity index (χ2n) is 3.86. The summed E-state index contributed by atoms with van der Waals surface area (Å²) in [5.74, 6) is 0. The molecule has 1 aliphatic rings. The third-order valence-corrected chi connectivity index (χ3v) is 2.94. The second-order valence-corrected chi connectivity index (χ2v) is 3.86. The molecule has 1 heteroatoms. The lowest BCUT2D eigenvalue weighted by Gasteiger charge is -2.19. The van der Waals surface area contributed by atoms with Crippen LogP contribution >= 0.6 is 0 Å². The van der Waals surface area contributed by atoms with Crippen molar-refractivity contribution in [3.05, 3.63) is 59.2 Å². The Morgan fingerprint density at radius 3 is 2.22 bits per heavy atom. The molecule has 18 heavy (non-hydrogen) atoms. The summed E-state index contributed by atoms with van der Waals surface area (Å²) in [6.45, 7) is 9.09. The van der Waals surface area contributed by atoms with E-state index in [2.05, 4.69) is 55.3 Å². The number of rotatable bonds is 1. The van der Waals surface area contributed by atoms with Crippen LogP contribution in [0.3, 0.4) is 0 Å². The minimum Gasteiger partial charge on any atom is -0.284 e. The molecule has 0 unspecified atom stereocenters. The molecule has 0 N–H and O–H groups in total. The summed E-state index contributed by atoms with van der Waals surface area (Å²) in [6.07, 6.45) is 5.43. The minimum absolute atomic E-state index is 0.904. The number of allylic oxidation sites excluding steroid dienone is 3. The van der Waals surface area contributed by atoms with Crippen LogP contribution in [0.5, 0.6) is 0 Å². The summed E-state index contributed by atoms with van der Waals surface area (Å²) < 4.78 is 0. The van der Waals surface area contributed by atoms with Gasteiger partial charge in [0.25, 0.3) is 0 Å². The molecule has 0 saturated carbocycles. The molecule has 2 rings (SSSR count). The van der Waals surface area contributed by atoms with Crippen molar-refractivity contribution in [2.24, 2.45) is 4.99 Å². The van der Waals surface area contributed by atoms with E-state index in [1.165, 1.54) is 16.7 Å². The van der Waals surface area contributed by atoms with Gasteiger partial charge in [0, 0.05) is 12.1 Å². The van der Waals surface area contributed by atoms with E-state index < -0.39 is 0 Å². The minimum atomic E-state index is 0.904. The highest BCUT2D eigenvalue weighted by atomic mass is 14.8. The zero-order chi connectivity index (χ0) is 13.4. The molecular weight excluding hydrogens is 218 g/mol. The van der Waals surface area contributed by atoms with Crippen LogP contribution in [0, 0.1) is 0 Å². The molecular formula is C17H23N. The van der Waals surface area contributed by atoms with Gasteiger partial charge in [-0.1, -0.05) is 56.3 Å². The Balaban J connectivity index is 0.000000771. The molecule has 0 spiro atoms. The van der Waals surface area contributed by atoms with Crippen LogP contribution in [-0.4, -0.2) is 12.3 Å². The monoisotopic (exact) mass is 241 g/mol. The Morgan fingerprint density at radius 2 is 1.67 bits per heavy atom. The average Bonchev–Trinajstić information content (AvgIpc) is 2.49. The fourth-order valence-electron chi connectivity index (χ4n) is 2.12. The lowest BCUT2D eigenvalue weighted by molar-refractivity contribution is 0.937. The molecule has 0 aliphatic carbocycles. The topological polar surface area (TPSA) is 12.4 Å². The van der Waals surface area contributed by atoms with Gasteiger partial charge in [0.15, 0.2) is 0 Å². The van der Waals surface area contributed by atoms with E-state index >= 15 is 0 Å². The fourth-order valence-corrected chi connectivity index (χ4v) is 2.12. The van der Waals surface area contributed by atoms with Crippen molar-refractivity contribution in [3.63, 3.8) is 0 Å². The van der Waals surface area contributed by atoms with Crippen LogP contribution in [0.1, 0.15) is 39.7 Å². The second kappa shape index (κ2) is 7.65. The van der Waals surface area contributed by atoms with Gasteiger partial charge in [-0.2, -0.15) is 0 Å². The van der Waals surface area contributed by atoms with Gasteiger partial charge in [-0.15, -0.1) is 0 Å². The Hall–Kier alpha value is -1.63. The zero-order valence-electron chi connectivity index (χ0n) is 11.9. The molecule has 0 fully saturated rings. The highest BCUT2D eigenvalue weighted by Gasteiger charge is 2.16. The Bertz CT molecular complexity index is 450. The van der Waals surface area contributed by atoms with Gasteiger partial charge in [-0.25, -0.2) is 0 Å². The third-order valence-electron chi connectivity index (χ3n) is 2.94. The predicted octanol–water partition coefficient (Wildman–Crippen LogP) is 4.80. The number of hydrogen-bond acceptors (Lipinski definition) is 1. The molecule has 0 bridgehead atoms. The van der Waals surface area contributed by atoms with Gasteiger partial charge in [-0.3, -0.25) is 4.99 Å². The van der Waals surface area contributed by atoms with Crippen LogP contribution in [0.15, 0.2) is 58.6 Å². The number of hydrogen-bond donors (Lipinski definition) is 0. The molecule has 0 amide bonds. The van der Waals surface area contributed by atoms with E-state index in [-0.39, 0.29) is 0 Å². The molecule has 0 saturated heterocycles. The molecule has 0 atom stereocenters. The first-order chi connectivity index (χ1) is 8.86. The fraction of sp³-hybridized carbons (Fsp3) is 0.353. The Labute approximate surface area is 111 Å². The van der Waals surface area contributed by atoms with E-state index in [0.29, 0.717) is 0 Å². The predicted molar refractivity (Wildman–Crippen MR) is 81.3 cm³/mol. The summed E-state index contributed by atoms with van der Waals surface area (Å²) >= 11 is 0. The summed E-state index contributed by atoms with van der Waals surface area (Å²) in [5, 5.41) is 0. The molecule has 1 aromatic rings. The van der Waals surface area contributed by atoms with Gasteiger partial charge >= 0.3 is 0 Å². The molecule has 1 aliphatic heterocycles. The number of benzene rings is 1. The quantitative estimate of drug-likeness (QED) is 0.670. The third kappa shape index (κ3) is 3.19. The summed E-state index contributed by atoms with van der Waals surface area (Å²) in [6, 6.07) is 10.4. The van der Waals surface area contributed by atoms with Crippen LogP contribution in [0.25, 0.3) is 0 Å². The van der Waals surface area contributed by atoms with Gasteiger partial charge in [0.1, 0.15) is 0 Å². The standard InChI is InChI=1S/C15H17N.C2H6/c1-3-12-10-11-16-15(14(12)4-2)13-8-6-5-7-9-13;1-2/h3-9H,10-11H2,1-2H3;1-2H3/b12-3-,14-4+;. The van der Waals surface area contributed by atoms with Crippen LogP contribution in [-0.2, 0) is 0 Å².